The summed E-state index contributed by atoms with van der Waals surface area (Å²) in [4.78, 5) is 7.48. The quantitative estimate of drug-likeness (QED) is 0.228. The van der Waals surface area contributed by atoms with Crippen molar-refractivity contribution in [2.75, 3.05) is 0 Å². The maximum Gasteiger partial charge on any atom is 0.137 e. The van der Waals surface area contributed by atoms with Crippen molar-refractivity contribution in [1.82, 2.24) is 14.0 Å². The van der Waals surface area contributed by atoms with E-state index in [1.807, 2.05) is 50.0 Å². The maximum atomic E-state index is 4.81. The highest BCUT2D eigenvalue weighted by molar-refractivity contribution is 7.99. The molecule has 1 aliphatic rings. The van der Waals surface area contributed by atoms with Crippen LogP contribution in [0.2, 0.25) is 0 Å². The molecular formula is C35H33N3S. The van der Waals surface area contributed by atoms with Crippen molar-refractivity contribution < 1.29 is 0 Å². The first-order valence-electron chi connectivity index (χ1n) is 13.8. The lowest BCUT2D eigenvalue weighted by Crippen LogP contribution is -2.02. The molecule has 0 saturated carbocycles. The molecule has 39 heavy (non-hydrogen) atoms. The van der Waals surface area contributed by atoms with Crippen LogP contribution in [0.5, 0.6) is 0 Å². The van der Waals surface area contributed by atoms with E-state index >= 15 is 0 Å². The lowest BCUT2D eigenvalue weighted by Gasteiger charge is -2.13. The van der Waals surface area contributed by atoms with Crippen LogP contribution in [-0.4, -0.2) is 14.0 Å². The van der Waals surface area contributed by atoms with Gasteiger partial charge in [0, 0.05) is 50.1 Å². The van der Waals surface area contributed by atoms with Crippen molar-refractivity contribution >= 4 is 34.4 Å². The predicted molar refractivity (Wildman–Crippen MR) is 166 cm³/mol. The molecule has 3 aromatic carbocycles. The Kier molecular flexibility index (Phi) is 6.88. The Bertz CT molecular complexity index is 1790. The molecule has 0 amide bonds. The fourth-order valence-corrected chi connectivity index (χ4v) is 6.58. The molecule has 0 saturated heterocycles. The summed E-state index contributed by atoms with van der Waals surface area (Å²) in [7, 11) is 0. The molecule has 3 aromatic heterocycles. The normalized spacial score (nSPS) is 12.4. The highest BCUT2D eigenvalue weighted by atomic mass is 32.2. The molecular weight excluding hydrogens is 494 g/mol. The molecule has 7 rings (SSSR count). The number of imidazole rings is 1. The average Bonchev–Trinajstić information content (AvgIpc) is 3.56. The molecule has 0 N–H and O–H groups in total. The van der Waals surface area contributed by atoms with Gasteiger partial charge in [-0.15, -0.1) is 0 Å². The molecule has 194 valence electrons. The van der Waals surface area contributed by atoms with Crippen LogP contribution in [-0.2, 0) is 6.42 Å². The van der Waals surface area contributed by atoms with E-state index in [0.29, 0.717) is 0 Å². The van der Waals surface area contributed by atoms with E-state index < -0.39 is 0 Å². The second-order valence-electron chi connectivity index (χ2n) is 9.75. The molecule has 0 fully saturated rings. The number of hydrogen-bond acceptors (Lipinski definition) is 2. The van der Waals surface area contributed by atoms with Gasteiger partial charge in [-0.25, -0.2) is 4.98 Å². The standard InChI is InChI=1S/C33H27N3S.C2H6/c1-22-9-3-6-12-30(22)37-33-23(2)14-19-29-32(33)26-10-4-5-11-28(26)36(29)25-17-15-24(16-18-25)27-21-35-20-8-7-13-31(35)34-27;1-2/h3-4,6-10,12-21H,5,11H2,1-2H3;1-2H3. The van der Waals surface area contributed by atoms with Gasteiger partial charge in [-0.05, 0) is 74.2 Å². The Hall–Kier alpha value is -4.02. The molecule has 6 aromatic rings. The van der Waals surface area contributed by atoms with Crippen LogP contribution in [0.4, 0.5) is 0 Å². The third kappa shape index (κ3) is 4.49. The highest BCUT2D eigenvalue weighted by Gasteiger charge is 2.22. The average molecular weight is 528 g/mol. The number of aromatic nitrogens is 3. The molecule has 0 aliphatic heterocycles. The van der Waals surface area contributed by atoms with Crippen molar-refractivity contribution in [3.8, 4) is 16.9 Å². The number of allylic oxidation sites excluding steroid dienone is 1. The van der Waals surface area contributed by atoms with Gasteiger partial charge in [0.25, 0.3) is 0 Å². The zero-order valence-corrected chi connectivity index (χ0v) is 23.8. The van der Waals surface area contributed by atoms with Crippen molar-refractivity contribution in [3.05, 3.63) is 120 Å². The monoisotopic (exact) mass is 527 g/mol. The molecule has 3 nitrogen and oxygen atoms in total. The largest absolute Gasteiger partial charge is 0.313 e. The lowest BCUT2D eigenvalue weighted by molar-refractivity contribution is 0.888. The number of aryl methyl sites for hydroxylation is 2. The van der Waals surface area contributed by atoms with Crippen molar-refractivity contribution in [3.63, 3.8) is 0 Å². The van der Waals surface area contributed by atoms with Gasteiger partial charge in [-0.3, -0.25) is 0 Å². The number of fused-ring (bicyclic) bond motifs is 4. The zero-order chi connectivity index (χ0) is 26.9. The molecule has 4 heteroatoms. The van der Waals surface area contributed by atoms with Crippen LogP contribution in [0.3, 0.4) is 0 Å². The summed E-state index contributed by atoms with van der Waals surface area (Å²) in [6.45, 7) is 8.43. The lowest BCUT2D eigenvalue weighted by atomic mass is 10.0. The Morgan fingerprint density at radius 3 is 2.41 bits per heavy atom. The second kappa shape index (κ2) is 10.6. The van der Waals surface area contributed by atoms with Crippen molar-refractivity contribution in [2.24, 2.45) is 0 Å². The van der Waals surface area contributed by atoms with Crippen LogP contribution in [0.1, 0.15) is 42.7 Å². The van der Waals surface area contributed by atoms with Crippen molar-refractivity contribution in [1.29, 1.82) is 0 Å². The van der Waals surface area contributed by atoms with Gasteiger partial charge >= 0.3 is 0 Å². The van der Waals surface area contributed by atoms with E-state index in [1.165, 1.54) is 48.8 Å². The molecule has 0 atom stereocenters. The highest BCUT2D eigenvalue weighted by Crippen LogP contribution is 2.43. The van der Waals surface area contributed by atoms with Gasteiger partial charge in [-0.2, -0.15) is 0 Å². The summed E-state index contributed by atoms with van der Waals surface area (Å²) in [5.74, 6) is 0. The predicted octanol–water partition coefficient (Wildman–Crippen LogP) is 9.70. The van der Waals surface area contributed by atoms with Gasteiger partial charge in [0.1, 0.15) is 5.65 Å². The van der Waals surface area contributed by atoms with Gasteiger partial charge < -0.3 is 8.97 Å². The van der Waals surface area contributed by atoms with E-state index in [9.17, 15) is 0 Å². The summed E-state index contributed by atoms with van der Waals surface area (Å²) in [6, 6.07) is 28.2. The SMILES string of the molecule is CC.Cc1ccccc1Sc1c(C)ccc2c1c1c(n2-c2ccc(-c3cn4ccccc4n3)cc2)CCC=C1. The smallest absolute Gasteiger partial charge is 0.137 e. The molecule has 1 aliphatic carbocycles. The third-order valence-corrected chi connectivity index (χ3v) is 8.76. The van der Waals surface area contributed by atoms with E-state index in [0.717, 1.165) is 29.7 Å². The van der Waals surface area contributed by atoms with E-state index in [-0.39, 0.29) is 0 Å². The van der Waals surface area contributed by atoms with Gasteiger partial charge in [0.15, 0.2) is 0 Å². The summed E-state index contributed by atoms with van der Waals surface area (Å²) < 4.78 is 4.55. The van der Waals surface area contributed by atoms with Gasteiger partial charge in [-0.1, -0.05) is 80.2 Å². The fourth-order valence-electron chi connectivity index (χ4n) is 5.44. The molecule has 0 radical (unpaired) electrons. The second-order valence-corrected chi connectivity index (χ2v) is 10.8. The summed E-state index contributed by atoms with van der Waals surface area (Å²) >= 11 is 1.90. The van der Waals surface area contributed by atoms with Crippen LogP contribution >= 0.6 is 11.8 Å². The number of rotatable bonds is 4. The zero-order valence-electron chi connectivity index (χ0n) is 23.0. The van der Waals surface area contributed by atoms with Crippen LogP contribution in [0.15, 0.2) is 107 Å². The van der Waals surface area contributed by atoms with Crippen LogP contribution in [0, 0.1) is 13.8 Å². The molecule has 0 unspecified atom stereocenters. The maximum absolute atomic E-state index is 4.81. The Morgan fingerprint density at radius 1 is 0.821 bits per heavy atom. The number of pyridine rings is 1. The number of hydrogen-bond donors (Lipinski definition) is 0. The molecule has 0 bridgehead atoms. The first-order chi connectivity index (χ1) is 19.2. The van der Waals surface area contributed by atoms with E-state index in [1.54, 1.807) is 0 Å². The Morgan fingerprint density at radius 2 is 1.62 bits per heavy atom. The van der Waals surface area contributed by atoms with Crippen LogP contribution in [0.25, 0.3) is 39.6 Å². The third-order valence-electron chi connectivity index (χ3n) is 7.35. The Labute approximate surface area is 234 Å². The molecule has 3 heterocycles. The van der Waals surface area contributed by atoms with E-state index in [4.69, 9.17) is 4.98 Å². The number of nitrogens with zero attached hydrogens (tertiary/aromatic N) is 3. The van der Waals surface area contributed by atoms with Crippen LogP contribution < -0.4 is 0 Å². The summed E-state index contributed by atoms with van der Waals surface area (Å²) in [5, 5.41) is 1.36. The van der Waals surface area contributed by atoms with E-state index in [2.05, 4.69) is 102 Å². The fraction of sp³-hybridized carbons (Fsp3) is 0.171. The topological polar surface area (TPSA) is 22.2 Å². The minimum absolute atomic E-state index is 0.966. The van der Waals surface area contributed by atoms with Crippen molar-refractivity contribution in [2.45, 2.75) is 50.3 Å². The summed E-state index contributed by atoms with van der Waals surface area (Å²) in [5.41, 5.74) is 11.0. The minimum atomic E-state index is 0.966. The minimum Gasteiger partial charge on any atom is -0.313 e. The first kappa shape index (κ1) is 25.3. The van der Waals surface area contributed by atoms with Gasteiger partial charge in [0.05, 0.1) is 11.2 Å². The molecule has 0 spiro atoms. The first-order valence-corrected chi connectivity index (χ1v) is 14.6. The van der Waals surface area contributed by atoms with Gasteiger partial charge in [0.2, 0.25) is 0 Å². The Balaban J connectivity index is 0.00000135. The number of benzene rings is 3. The summed E-state index contributed by atoms with van der Waals surface area (Å²) in [6.07, 6.45) is 10.9.